The van der Waals surface area contributed by atoms with Gasteiger partial charge in [-0.05, 0) is 12.0 Å². The quantitative estimate of drug-likeness (QED) is 0.726. The zero-order chi connectivity index (χ0) is 13.2. The third-order valence-corrected chi connectivity index (χ3v) is 3.39. The number of benzene rings is 1. The van der Waals surface area contributed by atoms with Gasteiger partial charge in [0.05, 0.1) is 18.7 Å². The molecule has 1 fully saturated rings. The van der Waals surface area contributed by atoms with E-state index in [4.69, 9.17) is 0 Å². The molecule has 1 aromatic carbocycles. The molecule has 0 unspecified atom stereocenters. The van der Waals surface area contributed by atoms with E-state index in [-0.39, 0.29) is 17.8 Å². The number of nitrogens with zero attached hydrogens (tertiary/aromatic N) is 2. The lowest BCUT2D eigenvalue weighted by atomic mass is 10.2. The Kier molecular flexibility index (Phi) is 3.18. The summed E-state index contributed by atoms with van der Waals surface area (Å²) in [5.74, 6) is 0.658. The third kappa shape index (κ3) is 2.45. The van der Waals surface area contributed by atoms with Gasteiger partial charge in [0.25, 0.3) is 0 Å². The Labute approximate surface area is 110 Å². The molecule has 6 nitrogen and oxygen atoms in total. The zero-order valence-electron chi connectivity index (χ0n) is 10.4. The molecule has 100 valence electrons. The van der Waals surface area contributed by atoms with Crippen LogP contribution in [0.3, 0.4) is 0 Å². The lowest BCUT2D eigenvalue weighted by molar-refractivity contribution is 0.192. The molecule has 1 saturated heterocycles. The summed E-state index contributed by atoms with van der Waals surface area (Å²) in [6.45, 7) is 1.02. The Morgan fingerprint density at radius 2 is 2.16 bits per heavy atom. The fourth-order valence-corrected chi connectivity index (χ4v) is 2.43. The second kappa shape index (κ2) is 4.99. The predicted molar refractivity (Wildman–Crippen MR) is 69.8 cm³/mol. The summed E-state index contributed by atoms with van der Waals surface area (Å²) in [7, 11) is 0. The Balaban J connectivity index is 1.89. The van der Waals surface area contributed by atoms with Crippen molar-refractivity contribution >= 4 is 0 Å². The van der Waals surface area contributed by atoms with Gasteiger partial charge in [-0.25, -0.2) is 9.89 Å². The molecule has 0 aliphatic carbocycles. The third-order valence-electron chi connectivity index (χ3n) is 3.39. The average Bonchev–Trinajstić information content (AvgIpc) is 2.99. The second-order valence-corrected chi connectivity index (χ2v) is 4.81. The van der Waals surface area contributed by atoms with Crippen molar-refractivity contribution in [3.05, 3.63) is 52.2 Å². The van der Waals surface area contributed by atoms with Crippen LogP contribution >= 0.6 is 0 Å². The van der Waals surface area contributed by atoms with E-state index in [1.54, 1.807) is 4.57 Å². The van der Waals surface area contributed by atoms with Gasteiger partial charge < -0.3 is 10.4 Å². The van der Waals surface area contributed by atoms with Crippen molar-refractivity contribution in [2.24, 2.45) is 0 Å². The van der Waals surface area contributed by atoms with Crippen LogP contribution < -0.4 is 11.0 Å². The molecule has 1 aromatic heterocycles. The highest BCUT2D eigenvalue weighted by Crippen LogP contribution is 2.21. The summed E-state index contributed by atoms with van der Waals surface area (Å²) in [5, 5.41) is 19.3. The number of aliphatic hydroxyl groups excluding tert-OH is 1. The van der Waals surface area contributed by atoms with Gasteiger partial charge in [0.2, 0.25) is 0 Å². The van der Waals surface area contributed by atoms with Crippen LogP contribution in [0.5, 0.6) is 0 Å². The van der Waals surface area contributed by atoms with Crippen molar-refractivity contribution in [1.29, 1.82) is 0 Å². The highest BCUT2D eigenvalue weighted by Gasteiger charge is 2.28. The summed E-state index contributed by atoms with van der Waals surface area (Å²) in [6, 6.07) is 9.70. The van der Waals surface area contributed by atoms with Gasteiger partial charge in [-0.3, -0.25) is 4.57 Å². The second-order valence-electron chi connectivity index (χ2n) is 4.81. The number of aromatic nitrogens is 3. The van der Waals surface area contributed by atoms with Crippen molar-refractivity contribution in [3.63, 3.8) is 0 Å². The molecule has 2 atom stereocenters. The van der Waals surface area contributed by atoms with Crippen molar-refractivity contribution in [2.45, 2.75) is 25.1 Å². The van der Waals surface area contributed by atoms with E-state index in [1.807, 2.05) is 30.3 Å². The zero-order valence-corrected chi connectivity index (χ0v) is 10.4. The molecule has 1 aliphatic rings. The highest BCUT2D eigenvalue weighted by molar-refractivity contribution is 5.16. The number of β-amino-alcohol motifs (C(OH)–C–C–N with tert-alkyl or cyclic N) is 1. The summed E-state index contributed by atoms with van der Waals surface area (Å²) < 4.78 is 1.62. The number of nitrogens with one attached hydrogen (secondary N) is 2. The van der Waals surface area contributed by atoms with E-state index in [0.29, 0.717) is 25.3 Å². The Morgan fingerprint density at radius 1 is 1.37 bits per heavy atom. The highest BCUT2D eigenvalue weighted by atomic mass is 16.3. The van der Waals surface area contributed by atoms with Crippen LogP contribution in [-0.4, -0.2) is 32.5 Å². The first-order valence-electron chi connectivity index (χ1n) is 6.34. The van der Waals surface area contributed by atoms with Crippen LogP contribution in [-0.2, 0) is 6.54 Å². The molecular formula is C13H16N4O2. The summed E-state index contributed by atoms with van der Waals surface area (Å²) >= 11 is 0. The molecule has 2 aromatic rings. The van der Waals surface area contributed by atoms with Gasteiger partial charge in [0, 0.05) is 6.54 Å². The first-order chi connectivity index (χ1) is 9.24. The van der Waals surface area contributed by atoms with Crippen molar-refractivity contribution < 1.29 is 5.11 Å². The minimum absolute atomic E-state index is 0.0716. The minimum atomic E-state index is -0.373. The Bertz CT molecular complexity index is 605. The van der Waals surface area contributed by atoms with E-state index in [2.05, 4.69) is 15.5 Å². The predicted octanol–water partition coefficient (Wildman–Crippen LogP) is 0.0150. The largest absolute Gasteiger partial charge is 0.392 e. The lowest BCUT2D eigenvalue weighted by Gasteiger charge is -2.11. The van der Waals surface area contributed by atoms with Crippen LogP contribution in [0.4, 0.5) is 0 Å². The Hall–Kier alpha value is -1.92. The first-order valence-corrected chi connectivity index (χ1v) is 6.34. The SMILES string of the molecule is O=c1[nH]nc([C@@H]2C[C@@H](O)CN2)n1Cc1ccccc1. The number of rotatable bonds is 3. The maximum atomic E-state index is 11.8. The van der Waals surface area contributed by atoms with E-state index in [0.717, 1.165) is 5.56 Å². The fraction of sp³-hybridized carbons (Fsp3) is 0.385. The number of H-pyrrole nitrogens is 1. The van der Waals surface area contributed by atoms with Gasteiger partial charge in [0.15, 0.2) is 5.82 Å². The summed E-state index contributed by atoms with van der Waals surface area (Å²) in [4.78, 5) is 11.8. The standard InChI is InChI=1S/C13H16N4O2/c18-10-6-11(14-7-10)12-15-16-13(19)17(12)8-9-4-2-1-3-5-9/h1-5,10-11,14,18H,6-8H2,(H,16,19)/t10-,11+/m1/s1. The van der Waals surface area contributed by atoms with Crippen LogP contribution in [0.2, 0.25) is 0 Å². The smallest absolute Gasteiger partial charge is 0.343 e. The minimum Gasteiger partial charge on any atom is -0.392 e. The van der Waals surface area contributed by atoms with Gasteiger partial charge in [0.1, 0.15) is 0 Å². The van der Waals surface area contributed by atoms with Crippen molar-refractivity contribution in [2.75, 3.05) is 6.54 Å². The van der Waals surface area contributed by atoms with E-state index >= 15 is 0 Å². The number of aliphatic hydroxyl groups is 1. The topological polar surface area (TPSA) is 82.9 Å². The molecule has 3 N–H and O–H groups in total. The molecule has 1 aliphatic heterocycles. The molecule has 2 heterocycles. The normalized spacial score (nSPS) is 22.8. The van der Waals surface area contributed by atoms with Crippen LogP contribution in [0, 0.1) is 0 Å². The Morgan fingerprint density at radius 3 is 2.84 bits per heavy atom. The number of hydrogen-bond donors (Lipinski definition) is 3. The summed E-state index contributed by atoms with van der Waals surface area (Å²) in [6.07, 6.45) is 0.209. The summed E-state index contributed by atoms with van der Waals surface area (Å²) in [5.41, 5.74) is 0.827. The molecule has 0 bridgehead atoms. The van der Waals surface area contributed by atoms with E-state index in [1.165, 1.54) is 0 Å². The monoisotopic (exact) mass is 260 g/mol. The molecule has 19 heavy (non-hydrogen) atoms. The molecule has 0 saturated carbocycles. The van der Waals surface area contributed by atoms with Gasteiger partial charge in [-0.1, -0.05) is 30.3 Å². The van der Waals surface area contributed by atoms with Crippen molar-refractivity contribution in [1.82, 2.24) is 20.1 Å². The molecule has 3 rings (SSSR count). The van der Waals surface area contributed by atoms with Crippen LogP contribution in [0.25, 0.3) is 0 Å². The van der Waals surface area contributed by atoms with E-state index < -0.39 is 0 Å². The fourth-order valence-electron chi connectivity index (χ4n) is 2.43. The average molecular weight is 260 g/mol. The first kappa shape index (κ1) is 12.1. The van der Waals surface area contributed by atoms with Crippen LogP contribution in [0.1, 0.15) is 23.9 Å². The van der Waals surface area contributed by atoms with Crippen LogP contribution in [0.15, 0.2) is 35.1 Å². The van der Waals surface area contributed by atoms with Crippen molar-refractivity contribution in [3.8, 4) is 0 Å². The number of aromatic amines is 1. The maximum Gasteiger partial charge on any atom is 0.343 e. The van der Waals surface area contributed by atoms with Gasteiger partial charge in [-0.15, -0.1) is 0 Å². The molecule has 0 radical (unpaired) electrons. The van der Waals surface area contributed by atoms with Gasteiger partial charge in [-0.2, -0.15) is 5.10 Å². The van der Waals surface area contributed by atoms with E-state index in [9.17, 15) is 9.90 Å². The molecule has 0 amide bonds. The maximum absolute atomic E-state index is 11.8. The van der Waals surface area contributed by atoms with Gasteiger partial charge >= 0.3 is 5.69 Å². The lowest BCUT2D eigenvalue weighted by Crippen LogP contribution is -2.24. The molecular weight excluding hydrogens is 244 g/mol. The molecule has 6 heteroatoms. The molecule has 0 spiro atoms. The number of hydrogen-bond acceptors (Lipinski definition) is 4.